The molecule has 1 saturated heterocycles. The van der Waals surface area contributed by atoms with Crippen LogP contribution in [0.25, 0.3) is 22.3 Å². The Balaban J connectivity index is 1.43. The Morgan fingerprint density at radius 2 is 1.78 bits per heavy atom. The summed E-state index contributed by atoms with van der Waals surface area (Å²) in [4.78, 5) is 33.7. The Kier molecular flexibility index (Phi) is 7.08. The van der Waals surface area contributed by atoms with Crippen molar-refractivity contribution in [2.24, 2.45) is 5.92 Å². The molecular weight excluding hydrogens is 450 g/mol. The molecule has 2 aromatic heterocycles. The molecule has 36 heavy (non-hydrogen) atoms. The molecule has 7 heteroatoms. The molecule has 1 aromatic carbocycles. The van der Waals surface area contributed by atoms with Gasteiger partial charge in [0.25, 0.3) is 5.91 Å². The first-order valence-electron chi connectivity index (χ1n) is 13.5. The van der Waals surface area contributed by atoms with Gasteiger partial charge in [-0.2, -0.15) is 5.10 Å². The Hall–Kier alpha value is -3.22. The van der Waals surface area contributed by atoms with E-state index in [1.54, 1.807) is 6.20 Å². The Morgan fingerprint density at radius 1 is 1.03 bits per heavy atom. The normalized spacial score (nSPS) is 19.1. The van der Waals surface area contributed by atoms with Gasteiger partial charge in [-0.25, -0.2) is 9.67 Å². The lowest BCUT2D eigenvalue weighted by molar-refractivity contribution is -0.127. The fourth-order valence-electron chi connectivity index (χ4n) is 5.56. The molecule has 2 amide bonds. The number of likely N-dealkylation sites (tertiary alicyclic amines) is 1. The third-order valence-corrected chi connectivity index (χ3v) is 7.66. The van der Waals surface area contributed by atoms with Gasteiger partial charge in [0, 0.05) is 30.7 Å². The number of nitrogens with one attached hydrogen (secondary N) is 1. The van der Waals surface area contributed by atoms with E-state index in [0.29, 0.717) is 18.7 Å². The number of benzene rings is 1. The SMILES string of the molecule is Cc1ccc(-c2cc(C(=O)N3CCCC(C(=O)NC4CCCCC4)C3)c3cnn(C(C)C)c3n2)cc1. The van der Waals surface area contributed by atoms with Crippen molar-refractivity contribution in [3.05, 3.63) is 47.7 Å². The lowest BCUT2D eigenvalue weighted by Gasteiger charge is -2.33. The number of carbonyl (C=O) groups is 2. The van der Waals surface area contributed by atoms with Gasteiger partial charge < -0.3 is 10.2 Å². The van der Waals surface area contributed by atoms with Gasteiger partial charge in [0.05, 0.1) is 28.8 Å². The molecule has 2 aliphatic rings. The predicted octanol–water partition coefficient (Wildman–Crippen LogP) is 5.29. The second-order valence-electron chi connectivity index (χ2n) is 10.8. The largest absolute Gasteiger partial charge is 0.353 e. The maximum atomic E-state index is 13.9. The summed E-state index contributed by atoms with van der Waals surface area (Å²) < 4.78 is 1.88. The highest BCUT2D eigenvalue weighted by Gasteiger charge is 2.31. The highest BCUT2D eigenvalue weighted by molar-refractivity contribution is 6.06. The van der Waals surface area contributed by atoms with E-state index >= 15 is 0 Å². The maximum absolute atomic E-state index is 13.9. The molecule has 0 bridgehead atoms. The Bertz CT molecular complexity index is 1240. The summed E-state index contributed by atoms with van der Waals surface area (Å²) in [7, 11) is 0. The number of hydrogen-bond donors (Lipinski definition) is 1. The minimum atomic E-state index is -0.156. The van der Waals surface area contributed by atoms with Crippen LogP contribution in [0.3, 0.4) is 0 Å². The van der Waals surface area contributed by atoms with Crippen LogP contribution in [0.2, 0.25) is 0 Å². The standard InChI is InChI=1S/C29H37N5O2/c1-19(2)34-27-25(17-30-34)24(16-26(32-27)21-13-11-20(3)12-14-21)29(36)33-15-7-8-22(18-33)28(35)31-23-9-5-4-6-10-23/h11-14,16-17,19,22-23H,4-10,15,18H2,1-3H3,(H,31,35). The number of aromatic nitrogens is 3. The molecule has 1 unspecified atom stereocenters. The monoisotopic (exact) mass is 487 g/mol. The fraction of sp³-hybridized carbons (Fsp3) is 0.517. The van der Waals surface area contributed by atoms with Crippen LogP contribution in [0.15, 0.2) is 36.5 Å². The topological polar surface area (TPSA) is 80.1 Å². The molecule has 3 heterocycles. The fourth-order valence-corrected chi connectivity index (χ4v) is 5.56. The predicted molar refractivity (Wildman–Crippen MR) is 142 cm³/mol. The molecule has 1 aliphatic carbocycles. The van der Waals surface area contributed by atoms with Crippen LogP contribution in [0.5, 0.6) is 0 Å². The summed E-state index contributed by atoms with van der Waals surface area (Å²) in [6.07, 6.45) is 9.18. The molecular formula is C29H37N5O2. The lowest BCUT2D eigenvalue weighted by atomic mass is 9.92. The third-order valence-electron chi connectivity index (χ3n) is 7.66. The quantitative estimate of drug-likeness (QED) is 0.530. The van der Waals surface area contributed by atoms with Crippen molar-refractivity contribution in [2.75, 3.05) is 13.1 Å². The van der Waals surface area contributed by atoms with Gasteiger partial charge in [-0.05, 0) is 52.5 Å². The first kappa shape index (κ1) is 24.5. The van der Waals surface area contributed by atoms with Crippen molar-refractivity contribution in [2.45, 2.75) is 77.8 Å². The van der Waals surface area contributed by atoms with Crippen LogP contribution < -0.4 is 5.32 Å². The van der Waals surface area contributed by atoms with Crippen molar-refractivity contribution in [1.29, 1.82) is 0 Å². The van der Waals surface area contributed by atoms with Gasteiger partial charge in [-0.1, -0.05) is 49.1 Å². The number of nitrogens with zero attached hydrogens (tertiary/aromatic N) is 4. The smallest absolute Gasteiger partial charge is 0.254 e. The van der Waals surface area contributed by atoms with Gasteiger partial charge in [-0.15, -0.1) is 0 Å². The van der Waals surface area contributed by atoms with Crippen molar-refractivity contribution in [3.63, 3.8) is 0 Å². The highest BCUT2D eigenvalue weighted by Crippen LogP contribution is 2.29. The molecule has 1 saturated carbocycles. The zero-order chi connectivity index (χ0) is 25.2. The van der Waals surface area contributed by atoms with E-state index in [9.17, 15) is 9.59 Å². The van der Waals surface area contributed by atoms with E-state index in [2.05, 4.69) is 43.3 Å². The molecule has 1 aliphatic heterocycles. The van der Waals surface area contributed by atoms with E-state index in [-0.39, 0.29) is 29.8 Å². The number of rotatable bonds is 5. The van der Waals surface area contributed by atoms with E-state index < -0.39 is 0 Å². The summed E-state index contributed by atoms with van der Waals surface area (Å²) in [5.74, 6) is -0.0987. The molecule has 190 valence electrons. The lowest BCUT2D eigenvalue weighted by Crippen LogP contribution is -2.48. The summed E-state index contributed by atoms with van der Waals surface area (Å²) >= 11 is 0. The van der Waals surface area contributed by atoms with Gasteiger partial charge in [0.2, 0.25) is 5.91 Å². The Labute approximate surface area is 213 Å². The first-order chi connectivity index (χ1) is 17.4. The zero-order valence-electron chi connectivity index (χ0n) is 21.7. The molecule has 3 aromatic rings. The molecule has 2 fully saturated rings. The average molecular weight is 488 g/mol. The van der Waals surface area contributed by atoms with Crippen molar-refractivity contribution in [3.8, 4) is 11.3 Å². The van der Waals surface area contributed by atoms with Crippen LogP contribution in [0, 0.1) is 12.8 Å². The number of pyridine rings is 1. The number of aryl methyl sites for hydroxylation is 1. The number of amides is 2. The highest BCUT2D eigenvalue weighted by atomic mass is 16.2. The molecule has 0 spiro atoms. The summed E-state index contributed by atoms with van der Waals surface area (Å²) in [6.45, 7) is 7.30. The second kappa shape index (κ2) is 10.4. The third kappa shape index (κ3) is 5.01. The van der Waals surface area contributed by atoms with Crippen LogP contribution in [0.4, 0.5) is 0 Å². The van der Waals surface area contributed by atoms with E-state index in [4.69, 9.17) is 4.98 Å². The van der Waals surface area contributed by atoms with Gasteiger partial charge in [0.1, 0.15) is 0 Å². The number of fused-ring (bicyclic) bond motifs is 1. The second-order valence-corrected chi connectivity index (χ2v) is 10.8. The van der Waals surface area contributed by atoms with E-state index in [1.165, 1.54) is 24.8 Å². The van der Waals surface area contributed by atoms with Crippen LogP contribution in [-0.2, 0) is 4.79 Å². The summed E-state index contributed by atoms with van der Waals surface area (Å²) in [6, 6.07) is 10.5. The van der Waals surface area contributed by atoms with Crippen molar-refractivity contribution in [1.82, 2.24) is 25.0 Å². The molecule has 5 rings (SSSR count). The molecule has 7 nitrogen and oxygen atoms in total. The maximum Gasteiger partial charge on any atom is 0.254 e. The minimum Gasteiger partial charge on any atom is -0.353 e. The number of carbonyl (C=O) groups excluding carboxylic acids is 2. The van der Waals surface area contributed by atoms with Crippen LogP contribution >= 0.6 is 0 Å². The van der Waals surface area contributed by atoms with E-state index in [1.807, 2.05) is 27.8 Å². The van der Waals surface area contributed by atoms with Gasteiger partial charge in [-0.3, -0.25) is 9.59 Å². The Morgan fingerprint density at radius 3 is 2.50 bits per heavy atom. The molecule has 0 radical (unpaired) electrons. The minimum absolute atomic E-state index is 0.0470. The zero-order valence-corrected chi connectivity index (χ0v) is 21.7. The van der Waals surface area contributed by atoms with Crippen molar-refractivity contribution >= 4 is 22.8 Å². The number of hydrogen-bond acceptors (Lipinski definition) is 4. The summed E-state index contributed by atoms with van der Waals surface area (Å²) in [5, 5.41) is 8.59. The molecule has 1 atom stereocenters. The summed E-state index contributed by atoms with van der Waals surface area (Å²) in [5.41, 5.74) is 4.23. The van der Waals surface area contributed by atoms with Gasteiger partial charge in [0.15, 0.2) is 5.65 Å². The molecule has 1 N–H and O–H groups in total. The van der Waals surface area contributed by atoms with Crippen molar-refractivity contribution < 1.29 is 9.59 Å². The van der Waals surface area contributed by atoms with Gasteiger partial charge >= 0.3 is 0 Å². The first-order valence-corrected chi connectivity index (χ1v) is 13.5. The van der Waals surface area contributed by atoms with Crippen LogP contribution in [-0.4, -0.2) is 50.6 Å². The van der Waals surface area contributed by atoms with Crippen LogP contribution in [0.1, 0.15) is 80.8 Å². The average Bonchev–Trinajstić information content (AvgIpc) is 3.33. The number of piperidine rings is 1. The van der Waals surface area contributed by atoms with E-state index in [0.717, 1.165) is 48.0 Å².